The van der Waals surface area contributed by atoms with Gasteiger partial charge in [0.2, 0.25) is 0 Å². The number of halogens is 1. The molecule has 86 valence electrons. The Morgan fingerprint density at radius 2 is 2.20 bits per heavy atom. The maximum absolute atomic E-state index is 10.4. The minimum absolute atomic E-state index is 0. The highest BCUT2D eigenvalue weighted by Crippen LogP contribution is 2.09. The first kappa shape index (κ1) is 13.7. The first-order chi connectivity index (χ1) is 6.50. The molecular weight excluding hydrogens is 226 g/mol. The zero-order valence-corrected chi connectivity index (χ0v) is 8.53. The van der Waals surface area contributed by atoms with Gasteiger partial charge in [-0.3, -0.25) is 4.79 Å². The molecule has 0 aromatic heterocycles. The summed E-state index contributed by atoms with van der Waals surface area (Å²) in [4.78, 5) is 20.8. The van der Waals surface area contributed by atoms with Crippen LogP contribution in [-0.2, 0) is 9.59 Å². The Kier molecular flexibility index (Phi) is 5.03. The summed E-state index contributed by atoms with van der Waals surface area (Å²) in [5, 5.41) is 20.6. The number of hydrogen-bond donors (Lipinski definition) is 4. The summed E-state index contributed by atoms with van der Waals surface area (Å²) in [5.41, 5.74) is 7.82. The van der Waals surface area contributed by atoms with Gasteiger partial charge in [-0.25, -0.2) is 4.79 Å². The average Bonchev–Trinajstić information content (AvgIpc) is 2.52. The second-order valence-electron chi connectivity index (χ2n) is 3.07. The predicted octanol–water partition coefficient (Wildman–Crippen LogP) is -0.987. The van der Waals surface area contributed by atoms with E-state index in [0.29, 0.717) is 0 Å². The van der Waals surface area contributed by atoms with E-state index in [4.69, 9.17) is 15.9 Å². The van der Waals surface area contributed by atoms with E-state index in [1.807, 2.05) is 0 Å². The van der Waals surface area contributed by atoms with Gasteiger partial charge in [0.25, 0.3) is 0 Å². The van der Waals surface area contributed by atoms with Gasteiger partial charge in [0.15, 0.2) is 0 Å². The van der Waals surface area contributed by atoms with Crippen LogP contribution in [-0.4, -0.2) is 39.9 Å². The van der Waals surface area contributed by atoms with E-state index in [9.17, 15) is 9.59 Å². The lowest BCUT2D eigenvalue weighted by Crippen LogP contribution is -2.37. The van der Waals surface area contributed by atoms with Crippen molar-refractivity contribution in [1.29, 1.82) is 0 Å². The van der Waals surface area contributed by atoms with Crippen molar-refractivity contribution in [3.8, 4) is 0 Å². The van der Waals surface area contributed by atoms with Gasteiger partial charge in [0, 0.05) is 6.42 Å². The highest BCUT2D eigenvalue weighted by molar-refractivity contribution is 6.36. The molecule has 0 saturated carbocycles. The molecule has 1 heterocycles. The van der Waals surface area contributed by atoms with E-state index in [2.05, 4.69) is 10.5 Å². The fraction of sp³-hybridized carbons (Fsp3) is 0.571. The van der Waals surface area contributed by atoms with Crippen molar-refractivity contribution >= 4 is 30.1 Å². The first-order valence-electron chi connectivity index (χ1n) is 4.04. The SMILES string of the molecule is Cl.N[C@H](C[C@H]1CC(C(=O)O)=NN1)C(=O)O. The molecule has 7 nitrogen and oxygen atoms in total. The lowest BCUT2D eigenvalue weighted by molar-refractivity contribution is -0.138. The first-order valence-corrected chi connectivity index (χ1v) is 4.04. The minimum atomic E-state index is -1.10. The third-order valence-electron chi connectivity index (χ3n) is 1.92. The van der Waals surface area contributed by atoms with Crippen LogP contribution in [0.15, 0.2) is 5.10 Å². The molecule has 0 bridgehead atoms. The van der Waals surface area contributed by atoms with Gasteiger partial charge in [-0.1, -0.05) is 0 Å². The van der Waals surface area contributed by atoms with Gasteiger partial charge in [-0.15, -0.1) is 12.4 Å². The van der Waals surface area contributed by atoms with Gasteiger partial charge in [-0.2, -0.15) is 5.10 Å². The number of carboxylic acid groups (broad SMARTS) is 2. The molecule has 1 rings (SSSR count). The minimum Gasteiger partial charge on any atom is -0.480 e. The molecule has 0 aliphatic carbocycles. The van der Waals surface area contributed by atoms with E-state index < -0.39 is 18.0 Å². The Morgan fingerprint density at radius 1 is 1.60 bits per heavy atom. The maximum Gasteiger partial charge on any atom is 0.352 e. The zero-order valence-electron chi connectivity index (χ0n) is 7.71. The molecule has 0 fully saturated rings. The van der Waals surface area contributed by atoms with E-state index in [0.717, 1.165) is 0 Å². The molecule has 2 atom stereocenters. The number of nitrogens with one attached hydrogen (secondary N) is 1. The quantitative estimate of drug-likeness (QED) is 0.498. The largest absolute Gasteiger partial charge is 0.480 e. The Bertz CT molecular complexity index is 294. The van der Waals surface area contributed by atoms with Gasteiger partial charge < -0.3 is 21.4 Å². The Labute approximate surface area is 91.7 Å². The lowest BCUT2D eigenvalue weighted by atomic mass is 10.0. The van der Waals surface area contributed by atoms with Gasteiger partial charge in [-0.05, 0) is 6.42 Å². The van der Waals surface area contributed by atoms with Crippen LogP contribution >= 0.6 is 12.4 Å². The van der Waals surface area contributed by atoms with Crippen LogP contribution in [0.3, 0.4) is 0 Å². The molecule has 15 heavy (non-hydrogen) atoms. The van der Waals surface area contributed by atoms with Crippen LogP contribution in [0, 0.1) is 0 Å². The monoisotopic (exact) mass is 237 g/mol. The molecule has 0 aromatic rings. The van der Waals surface area contributed by atoms with Gasteiger partial charge in [0.05, 0.1) is 6.04 Å². The number of rotatable bonds is 4. The average molecular weight is 238 g/mol. The summed E-state index contributed by atoms with van der Waals surface area (Å²) in [5.74, 6) is -2.19. The fourth-order valence-corrected chi connectivity index (χ4v) is 1.17. The van der Waals surface area contributed by atoms with Crippen molar-refractivity contribution in [3.63, 3.8) is 0 Å². The van der Waals surface area contributed by atoms with Crippen molar-refractivity contribution in [3.05, 3.63) is 0 Å². The number of aliphatic carboxylic acids is 2. The summed E-state index contributed by atoms with van der Waals surface area (Å²) < 4.78 is 0. The number of nitrogens with two attached hydrogens (primary N) is 1. The van der Waals surface area contributed by atoms with E-state index in [-0.39, 0.29) is 37.0 Å². The van der Waals surface area contributed by atoms with Crippen molar-refractivity contribution in [2.45, 2.75) is 24.9 Å². The topological polar surface area (TPSA) is 125 Å². The maximum atomic E-state index is 10.4. The van der Waals surface area contributed by atoms with E-state index in [1.54, 1.807) is 0 Å². The summed E-state index contributed by atoms with van der Waals surface area (Å²) >= 11 is 0. The second-order valence-corrected chi connectivity index (χ2v) is 3.07. The number of hydrazone groups is 1. The fourth-order valence-electron chi connectivity index (χ4n) is 1.17. The number of carbonyl (C=O) groups is 2. The Morgan fingerprint density at radius 3 is 2.60 bits per heavy atom. The van der Waals surface area contributed by atoms with Crippen LogP contribution in [0.4, 0.5) is 0 Å². The number of nitrogens with zero attached hydrogens (tertiary/aromatic N) is 1. The normalized spacial score (nSPS) is 20.9. The molecule has 0 unspecified atom stereocenters. The molecule has 0 aromatic carbocycles. The molecule has 0 saturated heterocycles. The van der Waals surface area contributed by atoms with Crippen molar-refractivity contribution < 1.29 is 19.8 Å². The highest BCUT2D eigenvalue weighted by Gasteiger charge is 2.26. The van der Waals surface area contributed by atoms with Gasteiger partial charge >= 0.3 is 11.9 Å². The Balaban J connectivity index is 0.00000196. The molecule has 8 heteroatoms. The second kappa shape index (κ2) is 5.52. The van der Waals surface area contributed by atoms with Crippen LogP contribution in [0.5, 0.6) is 0 Å². The molecule has 1 aliphatic heterocycles. The van der Waals surface area contributed by atoms with Crippen LogP contribution in [0.1, 0.15) is 12.8 Å². The predicted molar refractivity (Wildman–Crippen MR) is 54.1 cm³/mol. The molecule has 0 spiro atoms. The number of hydrogen-bond acceptors (Lipinski definition) is 5. The molecule has 0 radical (unpaired) electrons. The van der Waals surface area contributed by atoms with Crippen LogP contribution in [0.25, 0.3) is 0 Å². The van der Waals surface area contributed by atoms with Crippen LogP contribution in [0.2, 0.25) is 0 Å². The van der Waals surface area contributed by atoms with Crippen LogP contribution < -0.4 is 11.2 Å². The Hall–Kier alpha value is -1.34. The summed E-state index contributed by atoms with van der Waals surface area (Å²) in [6, 6.07) is -1.29. The summed E-state index contributed by atoms with van der Waals surface area (Å²) in [6.07, 6.45) is 0.367. The van der Waals surface area contributed by atoms with Crippen molar-refractivity contribution in [1.82, 2.24) is 5.43 Å². The van der Waals surface area contributed by atoms with Crippen molar-refractivity contribution in [2.75, 3.05) is 0 Å². The molecule has 5 N–H and O–H groups in total. The number of carboxylic acids is 2. The summed E-state index contributed by atoms with van der Waals surface area (Å²) in [6.45, 7) is 0. The van der Waals surface area contributed by atoms with Crippen molar-refractivity contribution in [2.24, 2.45) is 10.8 Å². The summed E-state index contributed by atoms with van der Waals surface area (Å²) in [7, 11) is 0. The molecule has 1 aliphatic rings. The smallest absolute Gasteiger partial charge is 0.352 e. The van der Waals surface area contributed by atoms with E-state index >= 15 is 0 Å². The molecular formula is C7H12ClN3O4. The lowest BCUT2D eigenvalue weighted by Gasteiger charge is -2.11. The van der Waals surface area contributed by atoms with Gasteiger partial charge in [0.1, 0.15) is 11.8 Å². The van der Waals surface area contributed by atoms with E-state index in [1.165, 1.54) is 0 Å². The standard InChI is InChI=1S/C7H11N3O4.ClH/c8-4(6(11)12)1-3-2-5(7(13)14)10-9-3;/h3-4,9H,1-2,8H2,(H,11,12)(H,13,14);1H/t3-,4+;/m0./s1. The molecule has 0 amide bonds. The highest BCUT2D eigenvalue weighted by atomic mass is 35.5. The zero-order chi connectivity index (χ0) is 10.7. The third-order valence-corrected chi connectivity index (χ3v) is 1.92. The third kappa shape index (κ3) is 3.72.